The van der Waals surface area contributed by atoms with Crippen LogP contribution in [0.2, 0.25) is 0 Å². The second kappa shape index (κ2) is 7.89. The van der Waals surface area contributed by atoms with Crippen molar-refractivity contribution in [1.29, 1.82) is 0 Å². The van der Waals surface area contributed by atoms with Gasteiger partial charge >= 0.3 is 12.1 Å². The molecule has 1 aliphatic carbocycles. The molecule has 1 unspecified atom stereocenters. The van der Waals surface area contributed by atoms with Crippen LogP contribution < -0.4 is 5.32 Å². The summed E-state index contributed by atoms with van der Waals surface area (Å²) in [4.78, 5) is 24.8. The molecule has 2 aromatic carbocycles. The number of aliphatic carboxylic acids is 1. The van der Waals surface area contributed by atoms with Gasteiger partial charge in [-0.2, -0.15) is 13.2 Å². The summed E-state index contributed by atoms with van der Waals surface area (Å²) in [5, 5.41) is 11.5. The maximum absolute atomic E-state index is 13.3. The first kappa shape index (κ1) is 20.9. The monoisotopic (exact) mass is 405 g/mol. The van der Waals surface area contributed by atoms with E-state index in [2.05, 4.69) is 0 Å². The number of rotatable bonds is 7. The van der Waals surface area contributed by atoms with E-state index >= 15 is 0 Å². The number of nitrogens with one attached hydrogen (secondary N) is 1. The topological polar surface area (TPSA) is 66.4 Å². The minimum Gasteiger partial charge on any atom is -0.481 e. The Morgan fingerprint density at radius 1 is 1.03 bits per heavy atom. The van der Waals surface area contributed by atoms with Gasteiger partial charge in [-0.05, 0) is 41.5 Å². The fourth-order valence-electron chi connectivity index (χ4n) is 4.18. The van der Waals surface area contributed by atoms with Crippen molar-refractivity contribution in [3.63, 3.8) is 0 Å². The summed E-state index contributed by atoms with van der Waals surface area (Å²) in [6, 6.07) is 14.3. The van der Waals surface area contributed by atoms with Gasteiger partial charge in [-0.15, -0.1) is 0 Å². The first-order chi connectivity index (χ1) is 13.7. The lowest BCUT2D eigenvalue weighted by Crippen LogP contribution is -2.47. The fourth-order valence-corrected chi connectivity index (χ4v) is 4.18. The van der Waals surface area contributed by atoms with Gasteiger partial charge in [-0.25, -0.2) is 0 Å². The molecule has 2 aromatic rings. The highest BCUT2D eigenvalue weighted by Crippen LogP contribution is 2.51. The maximum atomic E-state index is 13.3. The van der Waals surface area contributed by atoms with Gasteiger partial charge < -0.3 is 10.4 Å². The summed E-state index contributed by atoms with van der Waals surface area (Å²) in [6.07, 6.45) is -3.89. The third kappa shape index (κ3) is 3.86. The predicted octanol–water partition coefficient (Wildman–Crippen LogP) is 4.52. The maximum Gasteiger partial charge on any atom is 0.405 e. The van der Waals surface area contributed by atoms with Gasteiger partial charge in [0, 0.05) is 0 Å². The van der Waals surface area contributed by atoms with E-state index < -0.39 is 35.9 Å². The molecule has 1 amide bonds. The predicted molar refractivity (Wildman–Crippen MR) is 102 cm³/mol. The summed E-state index contributed by atoms with van der Waals surface area (Å²) >= 11 is 0. The first-order valence-corrected chi connectivity index (χ1v) is 9.48. The molecule has 0 aromatic heterocycles. The van der Waals surface area contributed by atoms with Crippen LogP contribution in [0.25, 0.3) is 11.1 Å². The van der Waals surface area contributed by atoms with Crippen molar-refractivity contribution in [2.75, 3.05) is 6.54 Å². The number of carbonyl (C=O) groups is 2. The molecule has 7 heteroatoms. The quantitative estimate of drug-likeness (QED) is 0.712. The van der Waals surface area contributed by atoms with Gasteiger partial charge in [0.15, 0.2) is 0 Å². The molecule has 0 saturated carbocycles. The standard InChI is InChI=1S/C22H22F3NO3/c1-2-14(19(27)28)11-12-21(20(29)26-13-22(23,24)25)17-9-5-3-7-15(17)16-8-4-6-10-18(16)21/h3-10,14H,2,11-13H2,1H3,(H,26,29)(H,27,28). The zero-order valence-electron chi connectivity index (χ0n) is 15.9. The normalized spacial score (nSPS) is 15.3. The number of fused-ring (bicyclic) bond motifs is 3. The zero-order chi connectivity index (χ0) is 21.2. The largest absolute Gasteiger partial charge is 0.481 e. The summed E-state index contributed by atoms with van der Waals surface area (Å²) < 4.78 is 38.4. The third-order valence-corrected chi connectivity index (χ3v) is 5.61. The van der Waals surface area contributed by atoms with Crippen LogP contribution in [-0.2, 0) is 15.0 Å². The number of carbonyl (C=O) groups excluding carboxylic acids is 1. The number of hydrogen-bond acceptors (Lipinski definition) is 2. The molecule has 29 heavy (non-hydrogen) atoms. The molecule has 1 aliphatic rings. The summed E-state index contributed by atoms with van der Waals surface area (Å²) in [6.45, 7) is 0.305. The fraction of sp³-hybridized carbons (Fsp3) is 0.364. The van der Waals surface area contributed by atoms with Crippen molar-refractivity contribution in [3.8, 4) is 11.1 Å². The van der Waals surface area contributed by atoms with Gasteiger partial charge in [0.25, 0.3) is 0 Å². The Labute approximate surface area is 166 Å². The highest BCUT2D eigenvalue weighted by Gasteiger charge is 2.49. The van der Waals surface area contributed by atoms with Crippen LogP contribution in [0.5, 0.6) is 0 Å². The number of amides is 1. The highest BCUT2D eigenvalue weighted by molar-refractivity contribution is 6.00. The van der Waals surface area contributed by atoms with E-state index in [-0.39, 0.29) is 12.8 Å². The Kier molecular flexibility index (Phi) is 5.68. The Morgan fingerprint density at radius 3 is 2.00 bits per heavy atom. The molecule has 0 bridgehead atoms. The molecule has 0 heterocycles. The number of alkyl halides is 3. The lowest BCUT2D eigenvalue weighted by molar-refractivity contribution is -0.143. The van der Waals surface area contributed by atoms with Crippen LogP contribution in [0.1, 0.15) is 37.3 Å². The van der Waals surface area contributed by atoms with E-state index in [0.717, 1.165) is 11.1 Å². The van der Waals surface area contributed by atoms with E-state index in [4.69, 9.17) is 0 Å². The molecule has 2 N–H and O–H groups in total. The van der Waals surface area contributed by atoms with Crippen LogP contribution in [0.4, 0.5) is 13.2 Å². The second-order valence-corrected chi connectivity index (χ2v) is 7.28. The molecular formula is C22H22F3NO3. The van der Waals surface area contributed by atoms with Gasteiger partial charge in [0.1, 0.15) is 12.0 Å². The highest BCUT2D eigenvalue weighted by atomic mass is 19.4. The van der Waals surface area contributed by atoms with Crippen molar-refractivity contribution in [2.24, 2.45) is 5.92 Å². The number of halogens is 3. The van der Waals surface area contributed by atoms with Crippen molar-refractivity contribution in [1.82, 2.24) is 5.32 Å². The first-order valence-electron chi connectivity index (χ1n) is 9.48. The Morgan fingerprint density at radius 2 is 1.55 bits per heavy atom. The number of carboxylic acid groups (broad SMARTS) is 1. The van der Waals surface area contributed by atoms with Gasteiger partial charge in [0.05, 0.1) is 5.92 Å². The number of hydrogen-bond donors (Lipinski definition) is 2. The molecule has 0 saturated heterocycles. The smallest absolute Gasteiger partial charge is 0.405 e. The Hall–Kier alpha value is -2.83. The molecule has 154 valence electrons. The molecular weight excluding hydrogens is 383 g/mol. The van der Waals surface area contributed by atoms with Crippen molar-refractivity contribution >= 4 is 11.9 Å². The number of benzene rings is 2. The molecule has 4 nitrogen and oxygen atoms in total. The minimum absolute atomic E-state index is 0.107. The van der Waals surface area contributed by atoms with Crippen molar-refractivity contribution in [2.45, 2.75) is 37.8 Å². The van der Waals surface area contributed by atoms with Crippen LogP contribution in [0, 0.1) is 5.92 Å². The van der Waals surface area contributed by atoms with E-state index in [0.29, 0.717) is 17.5 Å². The van der Waals surface area contributed by atoms with E-state index in [1.165, 1.54) is 0 Å². The minimum atomic E-state index is -4.54. The van der Waals surface area contributed by atoms with Gasteiger partial charge in [0.2, 0.25) is 5.91 Å². The van der Waals surface area contributed by atoms with Crippen LogP contribution in [0.15, 0.2) is 48.5 Å². The average molecular weight is 405 g/mol. The summed E-state index contributed by atoms with van der Waals surface area (Å²) in [5.74, 6) is -2.41. The van der Waals surface area contributed by atoms with Crippen molar-refractivity contribution < 1.29 is 27.9 Å². The summed E-state index contributed by atoms with van der Waals surface area (Å²) in [7, 11) is 0. The third-order valence-electron chi connectivity index (χ3n) is 5.61. The van der Waals surface area contributed by atoms with E-state index in [1.54, 1.807) is 31.2 Å². The second-order valence-electron chi connectivity index (χ2n) is 7.28. The van der Waals surface area contributed by atoms with Crippen LogP contribution in [0.3, 0.4) is 0 Å². The van der Waals surface area contributed by atoms with E-state index in [9.17, 15) is 27.9 Å². The Balaban J connectivity index is 2.10. The molecule has 3 rings (SSSR count). The van der Waals surface area contributed by atoms with E-state index in [1.807, 2.05) is 29.6 Å². The SMILES string of the molecule is CCC(CCC1(C(=O)NCC(F)(F)F)c2ccccc2-c2ccccc21)C(=O)O. The number of carboxylic acids is 1. The van der Waals surface area contributed by atoms with Crippen molar-refractivity contribution in [3.05, 3.63) is 59.7 Å². The zero-order valence-corrected chi connectivity index (χ0v) is 15.9. The lowest BCUT2D eigenvalue weighted by Gasteiger charge is -2.32. The van der Waals surface area contributed by atoms with Crippen LogP contribution in [-0.4, -0.2) is 29.7 Å². The molecule has 0 aliphatic heterocycles. The average Bonchev–Trinajstić information content (AvgIpc) is 2.97. The molecule has 1 atom stereocenters. The summed E-state index contributed by atoms with van der Waals surface area (Å²) in [5.41, 5.74) is 1.44. The van der Waals surface area contributed by atoms with Gasteiger partial charge in [-0.3, -0.25) is 9.59 Å². The molecule has 0 spiro atoms. The molecule has 0 fully saturated rings. The molecule has 0 radical (unpaired) electrons. The lowest BCUT2D eigenvalue weighted by atomic mass is 9.72. The van der Waals surface area contributed by atoms with Crippen LogP contribution >= 0.6 is 0 Å². The van der Waals surface area contributed by atoms with Gasteiger partial charge in [-0.1, -0.05) is 55.5 Å². The Bertz CT molecular complexity index is 878.